The molecule has 7 heteroatoms. The molecule has 0 aromatic rings. The Balaban J connectivity index is 0.00000144. The van der Waals surface area contributed by atoms with E-state index < -0.39 is 13.4 Å². The second kappa shape index (κ2) is 6.09. The predicted molar refractivity (Wildman–Crippen MR) is 40.8 cm³/mol. The number of aliphatic hydroxyl groups is 1. The van der Waals surface area contributed by atoms with Gasteiger partial charge >= 0.3 is 58.4 Å². The SMILES string of the molecule is OCC1CCCN1C[B-](F)(F)F.[K+]. The van der Waals surface area contributed by atoms with Crippen molar-refractivity contribution in [2.24, 2.45) is 0 Å². The van der Waals surface area contributed by atoms with E-state index in [1.54, 1.807) is 0 Å². The second-order valence-corrected chi connectivity index (χ2v) is 3.18. The molecule has 13 heavy (non-hydrogen) atoms. The van der Waals surface area contributed by atoms with Crippen LogP contribution in [0.15, 0.2) is 0 Å². The molecule has 1 aliphatic heterocycles. The smallest absolute Gasteiger partial charge is 0.448 e. The molecule has 1 saturated heterocycles. The minimum absolute atomic E-state index is 0. The summed E-state index contributed by atoms with van der Waals surface area (Å²) in [5.74, 6) is 0. The van der Waals surface area contributed by atoms with Gasteiger partial charge in [-0.15, -0.1) is 0 Å². The number of nitrogens with zero attached hydrogens (tertiary/aromatic N) is 1. The zero-order valence-corrected chi connectivity index (χ0v) is 10.8. The number of aliphatic hydroxyl groups excluding tert-OH is 1. The van der Waals surface area contributed by atoms with E-state index in [1.165, 1.54) is 4.90 Å². The first kappa shape index (κ1) is 14.4. The van der Waals surface area contributed by atoms with Gasteiger partial charge in [-0.3, -0.25) is 0 Å². The van der Waals surface area contributed by atoms with Gasteiger partial charge < -0.3 is 23.0 Å². The van der Waals surface area contributed by atoms with Gasteiger partial charge in [-0.05, 0) is 25.8 Å². The third-order valence-corrected chi connectivity index (χ3v) is 2.15. The van der Waals surface area contributed by atoms with Gasteiger partial charge in [-0.25, -0.2) is 0 Å². The number of halogens is 3. The summed E-state index contributed by atoms with van der Waals surface area (Å²) in [5.41, 5.74) is 0. The molecular formula is C6H12BF3KNO. The molecule has 0 saturated carbocycles. The molecular weight excluding hydrogens is 209 g/mol. The van der Waals surface area contributed by atoms with Crippen LogP contribution in [0.4, 0.5) is 12.9 Å². The molecule has 2 nitrogen and oxygen atoms in total. The Labute approximate surface area is 118 Å². The molecule has 72 valence electrons. The van der Waals surface area contributed by atoms with Gasteiger partial charge in [0, 0.05) is 6.04 Å². The Bertz CT molecular complexity index is 157. The van der Waals surface area contributed by atoms with Crippen molar-refractivity contribution in [3.8, 4) is 0 Å². The summed E-state index contributed by atoms with van der Waals surface area (Å²) >= 11 is 0. The molecule has 1 rings (SSSR count). The standard InChI is InChI=1S/C6H12BF3NO.K/c8-7(9,10)5-11-3-1-2-6(11)4-12;/h6,12H,1-5H2;/q-1;+1. The van der Waals surface area contributed by atoms with E-state index in [0.29, 0.717) is 13.0 Å². The van der Waals surface area contributed by atoms with E-state index in [9.17, 15) is 12.9 Å². The maximum Gasteiger partial charge on any atom is 1.00 e. The Morgan fingerprint density at radius 1 is 1.38 bits per heavy atom. The van der Waals surface area contributed by atoms with Crippen LogP contribution < -0.4 is 51.4 Å². The van der Waals surface area contributed by atoms with Crippen LogP contribution in [0.1, 0.15) is 12.8 Å². The fourth-order valence-electron chi connectivity index (χ4n) is 1.61. The number of likely N-dealkylation sites (tertiary alicyclic amines) is 1. The first-order valence-electron chi connectivity index (χ1n) is 4.09. The normalized spacial score (nSPS) is 24.5. The summed E-state index contributed by atoms with van der Waals surface area (Å²) in [5, 5.41) is 8.73. The van der Waals surface area contributed by atoms with Gasteiger partial charge in [0.15, 0.2) is 0 Å². The average molecular weight is 221 g/mol. The van der Waals surface area contributed by atoms with E-state index in [2.05, 4.69) is 0 Å². The topological polar surface area (TPSA) is 23.5 Å². The quantitative estimate of drug-likeness (QED) is 0.548. The zero-order valence-electron chi connectivity index (χ0n) is 7.72. The molecule has 0 aromatic carbocycles. The van der Waals surface area contributed by atoms with E-state index in [1.807, 2.05) is 0 Å². The molecule has 1 atom stereocenters. The van der Waals surface area contributed by atoms with E-state index >= 15 is 0 Å². The minimum atomic E-state index is -4.74. The van der Waals surface area contributed by atoms with Crippen molar-refractivity contribution < 1.29 is 69.4 Å². The van der Waals surface area contributed by atoms with Crippen LogP contribution in [-0.4, -0.2) is 42.6 Å². The maximum atomic E-state index is 12.0. The van der Waals surface area contributed by atoms with Crippen LogP contribution in [0.5, 0.6) is 0 Å². The largest absolute Gasteiger partial charge is 1.00 e. The van der Waals surface area contributed by atoms with Crippen molar-refractivity contribution in [1.29, 1.82) is 0 Å². The van der Waals surface area contributed by atoms with Crippen molar-refractivity contribution in [2.45, 2.75) is 18.9 Å². The van der Waals surface area contributed by atoms with Crippen LogP contribution in [0.25, 0.3) is 0 Å². The molecule has 0 radical (unpaired) electrons. The Kier molecular flexibility index (Phi) is 6.76. The molecule has 1 aliphatic rings. The molecule has 1 fully saturated rings. The fraction of sp³-hybridized carbons (Fsp3) is 1.00. The molecule has 0 bridgehead atoms. The van der Waals surface area contributed by atoms with Crippen molar-refractivity contribution >= 4 is 6.98 Å². The number of hydrogen-bond acceptors (Lipinski definition) is 2. The van der Waals surface area contributed by atoms with Gasteiger partial charge in [0.25, 0.3) is 0 Å². The third kappa shape index (κ3) is 5.15. The zero-order chi connectivity index (χ0) is 9.19. The van der Waals surface area contributed by atoms with Crippen LogP contribution in [0, 0.1) is 0 Å². The second-order valence-electron chi connectivity index (χ2n) is 3.18. The van der Waals surface area contributed by atoms with Crippen molar-refractivity contribution in [2.75, 3.05) is 19.6 Å². The summed E-state index contributed by atoms with van der Waals surface area (Å²) in [6, 6.07) is -0.270. The monoisotopic (exact) mass is 221 g/mol. The first-order valence-corrected chi connectivity index (χ1v) is 4.09. The molecule has 0 spiro atoms. The number of hydrogen-bond donors (Lipinski definition) is 1. The van der Waals surface area contributed by atoms with Crippen molar-refractivity contribution in [3.05, 3.63) is 0 Å². The van der Waals surface area contributed by atoms with Gasteiger partial charge in [0.05, 0.1) is 6.61 Å². The molecule has 1 N–H and O–H groups in total. The van der Waals surface area contributed by atoms with Crippen LogP contribution in [0.3, 0.4) is 0 Å². The van der Waals surface area contributed by atoms with Crippen molar-refractivity contribution in [3.63, 3.8) is 0 Å². The maximum absolute atomic E-state index is 12.0. The fourth-order valence-corrected chi connectivity index (χ4v) is 1.61. The summed E-state index contributed by atoms with van der Waals surface area (Å²) in [4.78, 5) is 1.32. The first-order chi connectivity index (χ1) is 5.53. The summed E-state index contributed by atoms with van der Waals surface area (Å²) in [6.07, 6.45) is 0.616. The van der Waals surface area contributed by atoms with Gasteiger partial charge in [-0.2, -0.15) is 0 Å². The van der Waals surface area contributed by atoms with Gasteiger partial charge in [0.2, 0.25) is 0 Å². The van der Waals surface area contributed by atoms with E-state index in [4.69, 9.17) is 5.11 Å². The van der Waals surface area contributed by atoms with Gasteiger partial charge in [0.1, 0.15) is 0 Å². The Hall–Kier alpha value is 1.41. The Morgan fingerprint density at radius 2 is 2.00 bits per heavy atom. The molecule has 0 aromatic heterocycles. The van der Waals surface area contributed by atoms with E-state index in [-0.39, 0.29) is 64.0 Å². The molecule has 1 heterocycles. The summed E-state index contributed by atoms with van der Waals surface area (Å²) < 4.78 is 35.9. The minimum Gasteiger partial charge on any atom is -0.448 e. The number of rotatable bonds is 3. The van der Waals surface area contributed by atoms with E-state index in [0.717, 1.165) is 6.42 Å². The average Bonchev–Trinajstić information content (AvgIpc) is 2.31. The van der Waals surface area contributed by atoms with Gasteiger partial charge in [-0.1, -0.05) is 0 Å². The van der Waals surface area contributed by atoms with Crippen LogP contribution >= 0.6 is 0 Å². The third-order valence-electron chi connectivity index (χ3n) is 2.15. The molecule has 0 aliphatic carbocycles. The molecule has 1 unspecified atom stereocenters. The summed E-state index contributed by atoms with van der Waals surface area (Å²) in [7, 11) is 0. The van der Waals surface area contributed by atoms with Crippen molar-refractivity contribution in [1.82, 2.24) is 4.90 Å². The van der Waals surface area contributed by atoms with Crippen LogP contribution in [-0.2, 0) is 0 Å². The molecule has 0 amide bonds. The van der Waals surface area contributed by atoms with Crippen LogP contribution in [0.2, 0.25) is 0 Å². The summed E-state index contributed by atoms with van der Waals surface area (Å²) in [6.45, 7) is -4.43. The Morgan fingerprint density at radius 3 is 2.46 bits per heavy atom. The predicted octanol–water partition coefficient (Wildman–Crippen LogP) is -2.17.